The first kappa shape index (κ1) is 55.6. The third kappa shape index (κ3) is 11.7. The minimum atomic E-state index is -2.21. The van der Waals surface area contributed by atoms with Crippen LogP contribution in [0, 0.1) is 0 Å². The molecule has 4 saturated heterocycles. The van der Waals surface area contributed by atoms with Crippen molar-refractivity contribution in [1.29, 1.82) is 0 Å². The summed E-state index contributed by atoms with van der Waals surface area (Å²) < 4.78 is 58.8. The monoisotopic (exact) mass is 1060 g/mol. The molecule has 0 amide bonds. The van der Waals surface area contributed by atoms with Crippen LogP contribution in [0.25, 0.3) is 28.4 Å². The Morgan fingerprint density at radius 2 is 1.15 bits per heavy atom. The van der Waals surface area contributed by atoms with Crippen LogP contribution in [0.3, 0.4) is 0 Å². The highest BCUT2D eigenvalue weighted by molar-refractivity contribution is 5.88. The Morgan fingerprint density at radius 1 is 0.587 bits per heavy atom. The second kappa shape index (κ2) is 23.3. The third-order valence-electron chi connectivity index (χ3n) is 12.9. The van der Waals surface area contributed by atoms with E-state index < -0.39 is 182 Å². The zero-order valence-corrected chi connectivity index (χ0v) is 39.2. The van der Waals surface area contributed by atoms with Crippen molar-refractivity contribution in [3.05, 3.63) is 82.5 Å². The fourth-order valence-corrected chi connectivity index (χ4v) is 8.78. The van der Waals surface area contributed by atoms with Gasteiger partial charge in [-0.2, -0.15) is 0 Å². The highest BCUT2D eigenvalue weighted by atomic mass is 16.8. The molecule has 8 rings (SSSR count). The van der Waals surface area contributed by atoms with Crippen LogP contribution in [-0.2, 0) is 42.7 Å². The molecule has 75 heavy (non-hydrogen) atoms. The van der Waals surface area contributed by atoms with Gasteiger partial charge in [0, 0.05) is 23.8 Å². The van der Waals surface area contributed by atoms with Crippen LogP contribution in [0.15, 0.2) is 76.0 Å². The molecule has 27 nitrogen and oxygen atoms in total. The predicted molar refractivity (Wildman–Crippen MR) is 245 cm³/mol. The van der Waals surface area contributed by atoms with Crippen molar-refractivity contribution in [1.82, 2.24) is 0 Å². The fourth-order valence-electron chi connectivity index (χ4n) is 8.78. The third-order valence-corrected chi connectivity index (χ3v) is 12.9. The SMILES string of the molecule is C[C@@H]1O[C@@H](OC[C@H]2O[C@H](Oc3c(-c4ccc(O)cc4)oc4cc(O)cc(O)c4c3=O)[C@H](OC(=O)/C=C/c3ccc(O)cc3)[C@@H](O[C@@H]3O[C@H](CO)[C@@H](O)[C@H](O)[C@H]3O)[C@@H]2O)[C@H](O)[C@H](O[C@@H]2O[C@H](CO)[C@@H](O)[C@H](O)[C@H]2O)[C@H]1O. The lowest BCUT2D eigenvalue weighted by Crippen LogP contribution is -2.66. The largest absolute Gasteiger partial charge is 0.508 e. The smallest absolute Gasteiger partial charge is 0.331 e. The van der Waals surface area contributed by atoms with Gasteiger partial charge in [-0.25, -0.2) is 4.79 Å². The molecule has 1 aromatic heterocycles. The summed E-state index contributed by atoms with van der Waals surface area (Å²) in [5, 5.41) is 159. The maximum atomic E-state index is 14.6. The van der Waals surface area contributed by atoms with Crippen LogP contribution in [0.4, 0.5) is 0 Å². The average Bonchev–Trinajstić information content (AvgIpc) is 3.38. The van der Waals surface area contributed by atoms with Gasteiger partial charge >= 0.3 is 5.97 Å². The number of carbonyl (C=O) groups excluding carboxylic acids is 1. The van der Waals surface area contributed by atoms with Crippen molar-refractivity contribution >= 4 is 23.0 Å². The first-order chi connectivity index (χ1) is 35.7. The molecule has 0 unspecified atom stereocenters. The minimum Gasteiger partial charge on any atom is -0.508 e. The number of benzene rings is 3. The van der Waals surface area contributed by atoms with Gasteiger partial charge in [0.15, 0.2) is 30.7 Å². The summed E-state index contributed by atoms with van der Waals surface area (Å²) in [5.74, 6) is -4.10. The summed E-state index contributed by atoms with van der Waals surface area (Å²) in [5.41, 5.74) is -1.11. The highest BCUT2D eigenvalue weighted by Gasteiger charge is 2.55. The number of aromatic hydroxyl groups is 4. The second-order valence-corrected chi connectivity index (χ2v) is 18.1. The predicted octanol–water partition coefficient (Wildman–Crippen LogP) is -3.77. The van der Waals surface area contributed by atoms with E-state index in [9.17, 15) is 86.2 Å². The van der Waals surface area contributed by atoms with Crippen LogP contribution >= 0.6 is 0 Å². The van der Waals surface area contributed by atoms with Crippen LogP contribution in [0.2, 0.25) is 0 Å². The quantitative estimate of drug-likeness (QED) is 0.0401. The van der Waals surface area contributed by atoms with Crippen molar-refractivity contribution in [3.63, 3.8) is 0 Å². The molecule has 0 radical (unpaired) electrons. The topological polar surface area (TPSA) is 434 Å². The van der Waals surface area contributed by atoms with Crippen LogP contribution in [0.5, 0.6) is 28.7 Å². The molecule has 0 aliphatic carbocycles. The summed E-state index contributed by atoms with van der Waals surface area (Å²) in [6, 6.07) is 12.3. The summed E-state index contributed by atoms with van der Waals surface area (Å²) in [6.07, 6.45) is -35.6. The number of esters is 1. The molecular formula is C48H56O27. The molecule has 20 atom stereocenters. The second-order valence-electron chi connectivity index (χ2n) is 18.1. The van der Waals surface area contributed by atoms with Gasteiger partial charge in [-0.15, -0.1) is 0 Å². The van der Waals surface area contributed by atoms with E-state index in [-0.39, 0.29) is 22.6 Å². The molecule has 3 aromatic carbocycles. The van der Waals surface area contributed by atoms with E-state index in [0.717, 1.165) is 18.2 Å². The number of hydrogen-bond acceptors (Lipinski definition) is 27. The number of phenols is 4. The summed E-state index contributed by atoms with van der Waals surface area (Å²) in [4.78, 5) is 28.4. The molecule has 0 bridgehead atoms. The van der Waals surface area contributed by atoms with Crippen molar-refractivity contribution in [2.24, 2.45) is 0 Å². The van der Waals surface area contributed by atoms with E-state index in [1.165, 1.54) is 61.5 Å². The highest BCUT2D eigenvalue weighted by Crippen LogP contribution is 2.40. The zero-order valence-electron chi connectivity index (χ0n) is 39.2. The number of rotatable bonds is 15. The Labute approximate surface area is 422 Å². The van der Waals surface area contributed by atoms with E-state index in [4.69, 9.17) is 47.0 Å². The van der Waals surface area contributed by atoms with Gasteiger partial charge in [-0.05, 0) is 55.0 Å². The Hall–Kier alpha value is -5.64. The lowest BCUT2D eigenvalue weighted by atomic mass is 9.96. The van der Waals surface area contributed by atoms with Crippen LogP contribution in [0.1, 0.15) is 12.5 Å². The summed E-state index contributed by atoms with van der Waals surface area (Å²) >= 11 is 0. The molecule has 15 N–H and O–H groups in total. The number of aliphatic hydroxyl groups is 11. The Balaban J connectivity index is 1.18. The van der Waals surface area contributed by atoms with E-state index >= 15 is 0 Å². The molecule has 4 aliphatic rings. The van der Waals surface area contributed by atoms with Gasteiger partial charge in [0.05, 0.1) is 25.9 Å². The Kier molecular flexibility index (Phi) is 17.3. The molecule has 4 fully saturated rings. The number of fused-ring (bicyclic) bond motifs is 1. The maximum absolute atomic E-state index is 14.6. The number of hydrogen-bond donors (Lipinski definition) is 15. The van der Waals surface area contributed by atoms with Crippen molar-refractivity contribution in [2.75, 3.05) is 19.8 Å². The number of ether oxygens (including phenoxy) is 9. The molecule has 410 valence electrons. The number of aliphatic hydroxyl groups excluding tert-OH is 11. The summed E-state index contributed by atoms with van der Waals surface area (Å²) in [6.45, 7) is -1.36. The molecule has 4 aliphatic heterocycles. The van der Waals surface area contributed by atoms with Gasteiger partial charge in [-0.3, -0.25) is 4.79 Å². The molecular weight excluding hydrogens is 1010 g/mol. The number of carbonyl (C=O) groups is 1. The zero-order chi connectivity index (χ0) is 54.2. The van der Waals surface area contributed by atoms with Crippen molar-refractivity contribution in [3.8, 4) is 40.1 Å². The summed E-state index contributed by atoms with van der Waals surface area (Å²) in [7, 11) is 0. The fraction of sp³-hybridized carbons (Fsp3) is 0.500. The maximum Gasteiger partial charge on any atom is 0.331 e. The van der Waals surface area contributed by atoms with Gasteiger partial charge in [0.25, 0.3) is 0 Å². The molecule has 0 saturated carbocycles. The van der Waals surface area contributed by atoms with Crippen molar-refractivity contribution < 1.29 is 128 Å². The molecule has 4 aromatic rings. The van der Waals surface area contributed by atoms with E-state index in [2.05, 4.69) is 0 Å². The van der Waals surface area contributed by atoms with Gasteiger partial charge in [0.1, 0.15) is 119 Å². The van der Waals surface area contributed by atoms with Crippen LogP contribution < -0.4 is 10.2 Å². The van der Waals surface area contributed by atoms with Crippen LogP contribution in [-0.4, -0.2) is 225 Å². The van der Waals surface area contributed by atoms with Gasteiger partial charge in [-0.1, -0.05) is 12.1 Å². The molecule has 0 spiro atoms. The Bertz CT molecular complexity index is 2660. The lowest BCUT2D eigenvalue weighted by Gasteiger charge is -2.47. The van der Waals surface area contributed by atoms with Crippen molar-refractivity contribution in [2.45, 2.75) is 130 Å². The molecule has 27 heteroatoms. The first-order valence-electron chi connectivity index (χ1n) is 23.2. The normalized spacial score (nSPS) is 36.4. The number of phenolic OH excluding ortho intramolecular Hbond substituents is 4. The minimum absolute atomic E-state index is 0.0279. The molecule has 5 heterocycles. The van der Waals surface area contributed by atoms with E-state index in [0.29, 0.717) is 5.56 Å². The Morgan fingerprint density at radius 3 is 1.73 bits per heavy atom. The van der Waals surface area contributed by atoms with Gasteiger partial charge in [0.2, 0.25) is 17.5 Å². The first-order valence-corrected chi connectivity index (χ1v) is 23.2. The van der Waals surface area contributed by atoms with E-state index in [1.54, 1.807) is 0 Å². The standard InChI is InChI=1S/C48H56O27/c1-17-30(56)41(73-46-37(63)35(61)31(57)25(14-49)69-46)39(65)45(67-17)66-16-27-33(59)42(74-47-38(64)36(62)32(58)26(15-50)70-47)44(72-28(55)11-4-18-2-7-20(51)8-3-18)48(71-27)75-43-34(60)29-23(54)12-22(53)13-24(29)68-40(43)19-5-9-21(52)10-6-19/h2-13,17,25-27,30-33,35-39,41-42,44-54,56-59,61-65H,14-16H2,1H3/b11-4+/t17-,25+,26+,27+,30-,31+,32+,33+,35-,36-,37+,38+,39+,41+,42-,44+,45+,46-,47-,48+/m0/s1. The van der Waals surface area contributed by atoms with E-state index in [1.807, 2.05) is 0 Å². The lowest BCUT2D eigenvalue weighted by molar-refractivity contribution is -0.368. The average molecular weight is 1060 g/mol. The van der Waals surface area contributed by atoms with Gasteiger partial charge < -0.3 is 124 Å².